The van der Waals surface area contributed by atoms with Gasteiger partial charge in [-0.3, -0.25) is 9.78 Å². The first kappa shape index (κ1) is 30.4. The highest BCUT2D eigenvalue weighted by atomic mass is 35.5. The predicted molar refractivity (Wildman–Crippen MR) is 158 cm³/mol. The fraction of sp³-hybridized carbons (Fsp3) is 0.400. The number of nitrogens with zero attached hydrogens (tertiary/aromatic N) is 2. The molecule has 2 saturated heterocycles. The van der Waals surface area contributed by atoms with Crippen molar-refractivity contribution in [2.24, 2.45) is 11.7 Å². The zero-order valence-electron chi connectivity index (χ0n) is 23.2. The van der Waals surface area contributed by atoms with E-state index >= 15 is 0 Å². The van der Waals surface area contributed by atoms with E-state index in [9.17, 15) is 17.6 Å². The van der Waals surface area contributed by atoms with E-state index in [1.165, 1.54) is 29.7 Å². The molecule has 2 unspecified atom stereocenters. The second kappa shape index (κ2) is 13.0. The third kappa shape index (κ3) is 6.76. The lowest BCUT2D eigenvalue weighted by atomic mass is 9.76. The molecule has 224 valence electrons. The predicted octanol–water partition coefficient (Wildman–Crippen LogP) is 4.36. The summed E-state index contributed by atoms with van der Waals surface area (Å²) < 4.78 is 53.0. The van der Waals surface area contributed by atoms with Gasteiger partial charge in [0, 0.05) is 42.3 Å². The Bertz CT molecular complexity index is 1500. The zero-order valence-corrected chi connectivity index (χ0v) is 24.8. The fourth-order valence-electron chi connectivity index (χ4n) is 5.62. The van der Waals surface area contributed by atoms with E-state index in [-0.39, 0.29) is 40.4 Å². The van der Waals surface area contributed by atoms with Gasteiger partial charge in [-0.15, -0.1) is 0 Å². The van der Waals surface area contributed by atoms with Gasteiger partial charge < -0.3 is 20.5 Å². The van der Waals surface area contributed by atoms with Crippen LogP contribution in [0.25, 0.3) is 0 Å². The molecular formula is C30H34ClFN4O5S. The van der Waals surface area contributed by atoms with E-state index < -0.39 is 27.8 Å². The van der Waals surface area contributed by atoms with E-state index in [0.29, 0.717) is 37.0 Å². The number of anilines is 1. The Hall–Kier alpha value is -3.09. The van der Waals surface area contributed by atoms with Crippen molar-refractivity contribution in [3.63, 3.8) is 0 Å². The summed E-state index contributed by atoms with van der Waals surface area (Å²) in [5.41, 5.74) is 7.97. The van der Waals surface area contributed by atoms with Gasteiger partial charge in [-0.2, -0.15) is 4.31 Å². The maximum absolute atomic E-state index is 15.0. The lowest BCUT2D eigenvalue weighted by Gasteiger charge is -2.34. The first-order chi connectivity index (χ1) is 20.2. The van der Waals surface area contributed by atoms with Gasteiger partial charge in [0.2, 0.25) is 15.9 Å². The molecule has 1 aromatic heterocycles. The quantitative estimate of drug-likeness (QED) is 0.307. The van der Waals surface area contributed by atoms with Crippen molar-refractivity contribution in [2.45, 2.75) is 48.6 Å². The number of sulfonamides is 1. The Balaban J connectivity index is 1.27. The average Bonchev–Trinajstić information content (AvgIpc) is 3.79. The van der Waals surface area contributed by atoms with Crippen molar-refractivity contribution < 1.29 is 27.1 Å². The highest BCUT2D eigenvalue weighted by molar-refractivity contribution is 7.89. The SMILES string of the molecule is COc1ccc(S(=O)(=O)N2C[C@@H]2CCc2c(F)cncc2NC(=O)[C@@H](N)C(c2ccc(Cl)cc2)C2CCOCC2)cc1. The summed E-state index contributed by atoms with van der Waals surface area (Å²) in [7, 11) is -2.17. The van der Waals surface area contributed by atoms with Gasteiger partial charge in [0.25, 0.3) is 0 Å². The molecule has 0 radical (unpaired) electrons. The second-order valence-corrected chi connectivity index (χ2v) is 13.0. The molecule has 2 fully saturated rings. The van der Waals surface area contributed by atoms with E-state index in [4.69, 9.17) is 26.8 Å². The maximum atomic E-state index is 15.0. The van der Waals surface area contributed by atoms with Crippen LogP contribution in [0.5, 0.6) is 5.75 Å². The Morgan fingerprint density at radius 3 is 2.52 bits per heavy atom. The van der Waals surface area contributed by atoms with Gasteiger partial charge >= 0.3 is 0 Å². The van der Waals surface area contributed by atoms with Crippen molar-refractivity contribution in [1.82, 2.24) is 9.29 Å². The topological polar surface area (TPSA) is 124 Å². The van der Waals surface area contributed by atoms with Crippen molar-refractivity contribution in [2.75, 3.05) is 32.2 Å². The third-order valence-electron chi connectivity index (χ3n) is 8.04. The standard InChI is InChI=1S/C30H34ClFN4O5S/c1-40-23-7-9-24(10-8-23)42(38,39)36-18-22(36)6-11-25-26(32)16-34-17-27(25)35-30(37)29(33)28(20-12-14-41-15-13-20)19-2-4-21(31)5-3-19/h2-5,7-10,16-17,20,22,28-29H,6,11-15,18,33H2,1H3,(H,35,37)/t22-,28?,29-,36?/m0/s1. The summed E-state index contributed by atoms with van der Waals surface area (Å²) in [6, 6.07) is 12.3. The van der Waals surface area contributed by atoms with Crippen molar-refractivity contribution >= 4 is 33.2 Å². The van der Waals surface area contributed by atoms with Crippen LogP contribution >= 0.6 is 11.6 Å². The van der Waals surface area contributed by atoms with Crippen LogP contribution in [0.2, 0.25) is 5.02 Å². The summed E-state index contributed by atoms with van der Waals surface area (Å²) in [5.74, 6) is -0.639. The summed E-state index contributed by atoms with van der Waals surface area (Å²) in [6.07, 6.45) is 4.59. The minimum absolute atomic E-state index is 0.124. The van der Waals surface area contributed by atoms with Crippen LogP contribution in [0, 0.1) is 11.7 Å². The molecule has 3 aromatic rings. The minimum Gasteiger partial charge on any atom is -0.497 e. The largest absolute Gasteiger partial charge is 0.497 e. The number of hydrogen-bond acceptors (Lipinski definition) is 7. The van der Waals surface area contributed by atoms with Gasteiger partial charge in [-0.05, 0) is 73.6 Å². The summed E-state index contributed by atoms with van der Waals surface area (Å²) in [6.45, 7) is 1.52. The van der Waals surface area contributed by atoms with E-state index in [2.05, 4.69) is 10.3 Å². The van der Waals surface area contributed by atoms with Crippen LogP contribution < -0.4 is 15.8 Å². The van der Waals surface area contributed by atoms with Crippen molar-refractivity contribution in [3.05, 3.63) is 82.9 Å². The number of nitrogens with one attached hydrogen (secondary N) is 1. The van der Waals surface area contributed by atoms with E-state index in [1.54, 1.807) is 24.3 Å². The number of halogens is 2. The number of carbonyl (C=O) groups excluding carboxylic acids is 1. The summed E-state index contributed by atoms with van der Waals surface area (Å²) in [5, 5.41) is 3.39. The van der Waals surface area contributed by atoms with Crippen molar-refractivity contribution in [1.29, 1.82) is 0 Å². The molecule has 42 heavy (non-hydrogen) atoms. The zero-order chi connectivity index (χ0) is 29.9. The van der Waals surface area contributed by atoms with Crippen molar-refractivity contribution in [3.8, 4) is 5.75 Å². The van der Waals surface area contributed by atoms with Gasteiger partial charge in [0.1, 0.15) is 11.6 Å². The van der Waals surface area contributed by atoms with Gasteiger partial charge in [-0.1, -0.05) is 23.7 Å². The Kier molecular flexibility index (Phi) is 9.44. The molecule has 5 rings (SSSR count). The summed E-state index contributed by atoms with van der Waals surface area (Å²) >= 11 is 6.10. The van der Waals surface area contributed by atoms with Gasteiger partial charge in [-0.25, -0.2) is 12.8 Å². The summed E-state index contributed by atoms with van der Waals surface area (Å²) in [4.78, 5) is 17.6. The molecule has 12 heteroatoms. The molecule has 1 amide bonds. The second-order valence-electron chi connectivity index (χ2n) is 10.6. The molecule has 4 atom stereocenters. The molecule has 9 nitrogen and oxygen atoms in total. The number of hydrogen-bond donors (Lipinski definition) is 2. The first-order valence-electron chi connectivity index (χ1n) is 13.9. The number of methoxy groups -OCH3 is 1. The maximum Gasteiger partial charge on any atom is 0.243 e. The number of benzene rings is 2. The smallest absolute Gasteiger partial charge is 0.243 e. The van der Waals surface area contributed by atoms with Crippen LogP contribution in [0.1, 0.15) is 36.3 Å². The average molecular weight is 617 g/mol. The molecule has 3 N–H and O–H groups in total. The highest BCUT2D eigenvalue weighted by Crippen LogP contribution is 2.36. The van der Waals surface area contributed by atoms with Crippen LogP contribution in [-0.2, 0) is 26.0 Å². The lowest BCUT2D eigenvalue weighted by Crippen LogP contribution is -2.44. The number of rotatable bonds is 11. The lowest BCUT2D eigenvalue weighted by molar-refractivity contribution is -0.118. The van der Waals surface area contributed by atoms with Crippen LogP contribution in [0.4, 0.5) is 10.1 Å². The minimum atomic E-state index is -3.68. The Labute approximate surface area is 250 Å². The molecule has 2 aromatic carbocycles. The van der Waals surface area contributed by atoms with Crippen LogP contribution in [0.15, 0.2) is 65.8 Å². The molecule has 0 aliphatic carbocycles. The number of nitrogens with two attached hydrogens (primary N) is 1. The Morgan fingerprint density at radius 2 is 1.86 bits per heavy atom. The fourth-order valence-corrected chi connectivity index (χ4v) is 7.36. The molecule has 3 heterocycles. The Morgan fingerprint density at radius 1 is 1.17 bits per heavy atom. The van der Waals surface area contributed by atoms with E-state index in [1.807, 2.05) is 12.1 Å². The molecule has 2 aliphatic heterocycles. The molecular weight excluding hydrogens is 583 g/mol. The van der Waals surface area contributed by atoms with E-state index in [0.717, 1.165) is 24.6 Å². The molecule has 0 spiro atoms. The number of amides is 1. The number of pyridine rings is 1. The normalized spacial score (nSPS) is 20.5. The van der Waals surface area contributed by atoms with Gasteiger partial charge in [0.15, 0.2) is 0 Å². The van der Waals surface area contributed by atoms with Crippen LogP contribution in [-0.4, -0.2) is 62.6 Å². The van der Waals surface area contributed by atoms with Crippen LogP contribution in [0.3, 0.4) is 0 Å². The third-order valence-corrected chi connectivity index (χ3v) is 10.2. The molecule has 0 bridgehead atoms. The van der Waals surface area contributed by atoms with Gasteiger partial charge in [0.05, 0.1) is 36.1 Å². The molecule has 0 saturated carbocycles. The number of ether oxygens (including phenoxy) is 2. The monoisotopic (exact) mass is 616 g/mol. The number of aromatic nitrogens is 1. The first-order valence-corrected chi connectivity index (χ1v) is 15.7. The molecule has 2 aliphatic rings. The number of carbonyl (C=O) groups is 1. The highest BCUT2D eigenvalue weighted by Gasteiger charge is 2.44.